The number of nitrogen functional groups attached to an aromatic ring is 1. The maximum atomic E-state index is 13.3. The normalized spacial score (nSPS) is 10.2. The second-order valence-corrected chi connectivity index (χ2v) is 3.41. The van der Waals surface area contributed by atoms with Crippen LogP contribution in [0.3, 0.4) is 0 Å². The second-order valence-electron chi connectivity index (χ2n) is 3.41. The van der Waals surface area contributed by atoms with Gasteiger partial charge in [0.1, 0.15) is 12.4 Å². The fourth-order valence-electron chi connectivity index (χ4n) is 1.29. The molecule has 0 spiro atoms. The van der Waals surface area contributed by atoms with E-state index in [-0.39, 0.29) is 18.0 Å². The lowest BCUT2D eigenvalue weighted by molar-refractivity contribution is 0.284. The van der Waals surface area contributed by atoms with Gasteiger partial charge in [-0.15, -0.1) is 0 Å². The number of hydrogen-bond acceptors (Lipinski definition) is 3. The highest BCUT2D eigenvalue weighted by atomic mass is 19.1. The molecule has 1 aromatic heterocycles. The molecule has 0 bridgehead atoms. The number of benzene rings is 1. The molecule has 0 saturated heterocycles. The van der Waals surface area contributed by atoms with Crippen LogP contribution in [0.5, 0.6) is 5.75 Å². The van der Waals surface area contributed by atoms with Gasteiger partial charge in [0.05, 0.1) is 11.4 Å². The fraction of sp³-hybridized carbons (Fsp3) is 0.0833. The summed E-state index contributed by atoms with van der Waals surface area (Å²) in [4.78, 5) is 4.00. The average Bonchev–Trinajstić information content (AvgIpc) is 2.33. The van der Waals surface area contributed by atoms with Gasteiger partial charge in [0.15, 0.2) is 11.6 Å². The lowest BCUT2D eigenvalue weighted by Crippen LogP contribution is -2.01. The lowest BCUT2D eigenvalue weighted by atomic mass is 10.3. The predicted molar refractivity (Wildman–Crippen MR) is 59.3 cm³/mol. The number of halogens is 2. The number of rotatable bonds is 3. The zero-order valence-corrected chi connectivity index (χ0v) is 8.86. The molecule has 0 saturated carbocycles. The summed E-state index contributed by atoms with van der Waals surface area (Å²) in [6.45, 7) is 0.0706. The predicted octanol–water partition coefficient (Wildman–Crippen LogP) is 2.52. The minimum absolute atomic E-state index is 0.0706. The average molecular weight is 236 g/mol. The number of aromatic nitrogens is 1. The first-order valence-electron chi connectivity index (χ1n) is 4.94. The molecule has 5 heteroatoms. The Hall–Kier alpha value is -2.17. The van der Waals surface area contributed by atoms with Crippen molar-refractivity contribution in [2.24, 2.45) is 0 Å². The van der Waals surface area contributed by atoms with Gasteiger partial charge in [-0.25, -0.2) is 8.78 Å². The fourth-order valence-corrected chi connectivity index (χ4v) is 1.29. The van der Waals surface area contributed by atoms with Crippen molar-refractivity contribution in [1.82, 2.24) is 4.98 Å². The van der Waals surface area contributed by atoms with E-state index in [2.05, 4.69) is 4.98 Å². The second kappa shape index (κ2) is 4.78. The standard InChI is InChI=1S/C12H10F2N2O/c13-9-6-12(10(14)5-11(9)15)17-7-8-3-1-2-4-16-8/h1-6H,7,15H2. The number of nitrogens with two attached hydrogens (primary N) is 1. The van der Waals surface area contributed by atoms with Crippen LogP contribution in [0.15, 0.2) is 36.5 Å². The van der Waals surface area contributed by atoms with Crippen molar-refractivity contribution in [2.45, 2.75) is 6.61 Å². The Balaban J connectivity index is 2.12. The van der Waals surface area contributed by atoms with E-state index in [9.17, 15) is 8.78 Å². The molecular weight excluding hydrogens is 226 g/mol. The zero-order valence-electron chi connectivity index (χ0n) is 8.86. The Morgan fingerprint density at radius 1 is 1.18 bits per heavy atom. The lowest BCUT2D eigenvalue weighted by Gasteiger charge is -2.07. The molecule has 0 radical (unpaired) electrons. The van der Waals surface area contributed by atoms with Crippen LogP contribution in [0, 0.1) is 11.6 Å². The summed E-state index contributed by atoms with van der Waals surface area (Å²) in [5.74, 6) is -1.58. The van der Waals surface area contributed by atoms with Gasteiger partial charge in [0.2, 0.25) is 0 Å². The SMILES string of the molecule is Nc1cc(F)c(OCc2ccccn2)cc1F. The van der Waals surface area contributed by atoms with Crippen LogP contribution in [-0.4, -0.2) is 4.98 Å². The quantitative estimate of drug-likeness (QED) is 0.833. The van der Waals surface area contributed by atoms with Gasteiger partial charge in [-0.2, -0.15) is 0 Å². The largest absolute Gasteiger partial charge is 0.484 e. The van der Waals surface area contributed by atoms with Crippen LogP contribution in [0.2, 0.25) is 0 Å². The summed E-state index contributed by atoms with van der Waals surface area (Å²) in [7, 11) is 0. The Kier molecular flexibility index (Phi) is 3.18. The van der Waals surface area contributed by atoms with Crippen LogP contribution >= 0.6 is 0 Å². The van der Waals surface area contributed by atoms with E-state index in [1.54, 1.807) is 24.4 Å². The molecule has 0 atom stereocenters. The number of anilines is 1. The molecule has 17 heavy (non-hydrogen) atoms. The number of hydrogen-bond donors (Lipinski definition) is 1. The van der Waals surface area contributed by atoms with E-state index in [0.717, 1.165) is 12.1 Å². The Morgan fingerprint density at radius 2 is 2.00 bits per heavy atom. The van der Waals surface area contributed by atoms with Gasteiger partial charge in [-0.3, -0.25) is 4.98 Å². The zero-order chi connectivity index (χ0) is 12.3. The van der Waals surface area contributed by atoms with Gasteiger partial charge < -0.3 is 10.5 Å². The molecule has 3 nitrogen and oxygen atoms in total. The molecule has 0 amide bonds. The molecule has 0 aliphatic rings. The third-order valence-electron chi connectivity index (χ3n) is 2.15. The first-order valence-corrected chi connectivity index (χ1v) is 4.94. The summed E-state index contributed by atoms with van der Waals surface area (Å²) >= 11 is 0. The van der Waals surface area contributed by atoms with Crippen LogP contribution < -0.4 is 10.5 Å². The molecule has 0 unspecified atom stereocenters. The van der Waals surface area contributed by atoms with Crippen LogP contribution in [-0.2, 0) is 6.61 Å². The van der Waals surface area contributed by atoms with E-state index in [1.807, 2.05) is 0 Å². The smallest absolute Gasteiger partial charge is 0.167 e. The van der Waals surface area contributed by atoms with E-state index in [4.69, 9.17) is 10.5 Å². The van der Waals surface area contributed by atoms with E-state index in [1.165, 1.54) is 0 Å². The van der Waals surface area contributed by atoms with E-state index >= 15 is 0 Å². The minimum atomic E-state index is -0.706. The number of pyridine rings is 1. The highest BCUT2D eigenvalue weighted by Crippen LogP contribution is 2.23. The number of nitrogens with zero attached hydrogens (tertiary/aromatic N) is 1. The van der Waals surface area contributed by atoms with Gasteiger partial charge >= 0.3 is 0 Å². The van der Waals surface area contributed by atoms with Crippen molar-refractivity contribution in [3.05, 3.63) is 53.9 Å². The highest BCUT2D eigenvalue weighted by molar-refractivity contribution is 5.44. The van der Waals surface area contributed by atoms with Crippen LogP contribution in [0.4, 0.5) is 14.5 Å². The summed E-state index contributed by atoms with van der Waals surface area (Å²) in [5, 5.41) is 0. The summed E-state index contributed by atoms with van der Waals surface area (Å²) in [6, 6.07) is 7.08. The third-order valence-corrected chi connectivity index (χ3v) is 2.15. The molecule has 0 aliphatic heterocycles. The van der Waals surface area contributed by atoms with Crippen molar-refractivity contribution >= 4 is 5.69 Å². The molecule has 2 N–H and O–H groups in total. The molecule has 0 fully saturated rings. The maximum absolute atomic E-state index is 13.3. The van der Waals surface area contributed by atoms with Crippen molar-refractivity contribution in [2.75, 3.05) is 5.73 Å². The highest BCUT2D eigenvalue weighted by Gasteiger charge is 2.09. The molecule has 1 heterocycles. The first-order chi connectivity index (χ1) is 8.16. The van der Waals surface area contributed by atoms with Crippen molar-refractivity contribution < 1.29 is 13.5 Å². The van der Waals surface area contributed by atoms with Gasteiger partial charge in [0.25, 0.3) is 0 Å². The van der Waals surface area contributed by atoms with Gasteiger partial charge in [-0.1, -0.05) is 6.07 Å². The minimum Gasteiger partial charge on any atom is -0.484 e. The Morgan fingerprint density at radius 3 is 2.71 bits per heavy atom. The van der Waals surface area contributed by atoms with Crippen molar-refractivity contribution in [3.8, 4) is 5.75 Å². The van der Waals surface area contributed by atoms with Crippen LogP contribution in [0.25, 0.3) is 0 Å². The van der Waals surface area contributed by atoms with E-state index in [0.29, 0.717) is 5.69 Å². The third kappa shape index (κ3) is 2.69. The molecule has 2 aromatic rings. The van der Waals surface area contributed by atoms with Gasteiger partial charge in [-0.05, 0) is 12.1 Å². The molecule has 88 valence electrons. The molecule has 0 aliphatic carbocycles. The Bertz CT molecular complexity index is 517. The van der Waals surface area contributed by atoms with Crippen molar-refractivity contribution in [3.63, 3.8) is 0 Å². The number of ether oxygens (including phenoxy) is 1. The topological polar surface area (TPSA) is 48.1 Å². The maximum Gasteiger partial charge on any atom is 0.167 e. The Labute approximate surface area is 96.9 Å². The van der Waals surface area contributed by atoms with Crippen LogP contribution in [0.1, 0.15) is 5.69 Å². The van der Waals surface area contributed by atoms with E-state index < -0.39 is 11.6 Å². The van der Waals surface area contributed by atoms with Crippen molar-refractivity contribution in [1.29, 1.82) is 0 Å². The summed E-state index contributed by atoms with van der Waals surface area (Å²) in [5.41, 5.74) is 5.60. The van der Waals surface area contributed by atoms with Gasteiger partial charge in [0, 0.05) is 18.3 Å². The monoisotopic (exact) mass is 236 g/mol. The summed E-state index contributed by atoms with van der Waals surface area (Å²) < 4.78 is 31.6. The summed E-state index contributed by atoms with van der Waals surface area (Å²) in [6.07, 6.45) is 1.60. The molecule has 1 aromatic carbocycles. The molecule has 2 rings (SSSR count). The molecular formula is C12H10F2N2O. The first kappa shape index (κ1) is 11.3.